The van der Waals surface area contributed by atoms with Crippen molar-refractivity contribution in [2.45, 2.75) is 13.8 Å². The van der Waals surface area contributed by atoms with Gasteiger partial charge in [0, 0.05) is 35.5 Å². The third-order valence-corrected chi connectivity index (χ3v) is 4.01. The highest BCUT2D eigenvalue weighted by Gasteiger charge is 2.04. The van der Waals surface area contributed by atoms with Crippen LogP contribution in [-0.2, 0) is 0 Å². The van der Waals surface area contributed by atoms with E-state index in [0.29, 0.717) is 0 Å². The van der Waals surface area contributed by atoms with E-state index in [0.717, 1.165) is 29.8 Å². The largest absolute Gasteiger partial charge is 0.382 e. The molecule has 0 bridgehead atoms. The fraction of sp³-hybridized carbons (Fsp3) is 0.294. The Morgan fingerprint density at radius 2 is 1.90 bits per heavy atom. The summed E-state index contributed by atoms with van der Waals surface area (Å²) in [5.74, 6) is 0. The molecule has 0 radical (unpaired) electrons. The number of hydrogen-bond donors (Lipinski definition) is 1. The Kier molecular flexibility index (Phi) is 5.48. The molecule has 3 heteroatoms. The zero-order valence-corrected chi connectivity index (χ0v) is 13.7. The maximum absolute atomic E-state index is 3.56. The van der Waals surface area contributed by atoms with Crippen LogP contribution in [0.4, 0.5) is 11.4 Å². The Morgan fingerprint density at radius 3 is 2.60 bits per heavy atom. The zero-order valence-electron chi connectivity index (χ0n) is 12.1. The first kappa shape index (κ1) is 14.9. The van der Waals surface area contributed by atoms with Gasteiger partial charge in [-0.3, -0.25) is 0 Å². The molecule has 0 fully saturated rings. The standard InChI is InChI=1S/C17H21BrN2/c1-3-20(15-8-6-7-14(2)13-15)12-11-19-17-10-5-4-9-16(17)18/h4-10,13,19H,3,11-12H2,1-2H3. The number of likely N-dealkylation sites (N-methyl/N-ethyl adjacent to an activating group) is 1. The molecule has 0 atom stereocenters. The maximum Gasteiger partial charge on any atom is 0.0485 e. The first-order valence-corrected chi connectivity index (χ1v) is 7.80. The van der Waals surface area contributed by atoms with Crippen molar-refractivity contribution in [3.63, 3.8) is 0 Å². The van der Waals surface area contributed by atoms with Crippen LogP contribution in [0.1, 0.15) is 12.5 Å². The van der Waals surface area contributed by atoms with Crippen molar-refractivity contribution >= 4 is 27.3 Å². The van der Waals surface area contributed by atoms with Crippen LogP contribution in [0, 0.1) is 6.92 Å². The molecule has 2 rings (SSSR count). The molecule has 2 nitrogen and oxygen atoms in total. The fourth-order valence-electron chi connectivity index (χ4n) is 2.22. The SMILES string of the molecule is CCN(CCNc1ccccc1Br)c1cccc(C)c1. The van der Waals surface area contributed by atoms with Crippen LogP contribution in [0.2, 0.25) is 0 Å². The van der Waals surface area contributed by atoms with E-state index in [9.17, 15) is 0 Å². The number of hydrogen-bond acceptors (Lipinski definition) is 2. The number of rotatable bonds is 6. The van der Waals surface area contributed by atoms with Crippen LogP contribution in [0.25, 0.3) is 0 Å². The lowest BCUT2D eigenvalue weighted by molar-refractivity contribution is 0.834. The summed E-state index contributed by atoms with van der Waals surface area (Å²) in [6, 6.07) is 16.9. The summed E-state index contributed by atoms with van der Waals surface area (Å²) >= 11 is 3.56. The van der Waals surface area contributed by atoms with Gasteiger partial charge in [-0.15, -0.1) is 0 Å². The van der Waals surface area contributed by atoms with Gasteiger partial charge in [0.15, 0.2) is 0 Å². The molecule has 0 saturated heterocycles. The van der Waals surface area contributed by atoms with Crippen molar-refractivity contribution in [1.82, 2.24) is 0 Å². The molecule has 0 spiro atoms. The van der Waals surface area contributed by atoms with Gasteiger partial charge in [-0.2, -0.15) is 0 Å². The third kappa shape index (κ3) is 4.01. The van der Waals surface area contributed by atoms with E-state index in [1.807, 2.05) is 12.1 Å². The molecule has 0 heterocycles. The number of aryl methyl sites for hydroxylation is 1. The van der Waals surface area contributed by atoms with Gasteiger partial charge >= 0.3 is 0 Å². The summed E-state index contributed by atoms with van der Waals surface area (Å²) in [7, 11) is 0. The third-order valence-electron chi connectivity index (χ3n) is 3.32. The Hall–Kier alpha value is -1.48. The average Bonchev–Trinajstić information content (AvgIpc) is 2.45. The van der Waals surface area contributed by atoms with Crippen LogP contribution in [0.3, 0.4) is 0 Å². The predicted molar refractivity (Wildman–Crippen MR) is 91.7 cm³/mol. The molecule has 0 aromatic heterocycles. The highest BCUT2D eigenvalue weighted by Crippen LogP contribution is 2.21. The molecule has 0 unspecified atom stereocenters. The summed E-state index contributed by atoms with van der Waals surface area (Å²) in [5.41, 5.74) is 3.74. The Balaban J connectivity index is 1.93. The summed E-state index contributed by atoms with van der Waals surface area (Å²) < 4.78 is 1.11. The normalized spacial score (nSPS) is 10.3. The number of nitrogens with one attached hydrogen (secondary N) is 1. The quantitative estimate of drug-likeness (QED) is 0.825. The van der Waals surface area contributed by atoms with Gasteiger partial charge in [0.2, 0.25) is 0 Å². The van der Waals surface area contributed by atoms with Crippen LogP contribution < -0.4 is 10.2 Å². The number of anilines is 2. The lowest BCUT2D eigenvalue weighted by Gasteiger charge is -2.24. The van der Waals surface area contributed by atoms with Gasteiger partial charge in [-0.25, -0.2) is 0 Å². The van der Waals surface area contributed by atoms with Crippen molar-refractivity contribution in [3.05, 3.63) is 58.6 Å². The van der Waals surface area contributed by atoms with Crippen molar-refractivity contribution < 1.29 is 0 Å². The zero-order chi connectivity index (χ0) is 14.4. The van der Waals surface area contributed by atoms with Gasteiger partial charge in [-0.1, -0.05) is 24.3 Å². The molecule has 0 aliphatic heterocycles. The first-order chi connectivity index (χ1) is 9.70. The molecule has 0 saturated carbocycles. The van der Waals surface area contributed by atoms with Gasteiger partial charge in [-0.05, 0) is 59.6 Å². The second-order valence-corrected chi connectivity index (χ2v) is 5.68. The van der Waals surface area contributed by atoms with E-state index in [1.54, 1.807) is 0 Å². The number of nitrogens with zero attached hydrogens (tertiary/aromatic N) is 1. The van der Waals surface area contributed by atoms with Crippen LogP contribution in [-0.4, -0.2) is 19.6 Å². The monoisotopic (exact) mass is 332 g/mol. The Labute approximate surface area is 129 Å². The number of benzene rings is 2. The lowest BCUT2D eigenvalue weighted by Crippen LogP contribution is -2.28. The topological polar surface area (TPSA) is 15.3 Å². The van der Waals surface area contributed by atoms with E-state index < -0.39 is 0 Å². The van der Waals surface area contributed by atoms with Gasteiger partial charge < -0.3 is 10.2 Å². The van der Waals surface area contributed by atoms with Crippen LogP contribution in [0.15, 0.2) is 53.0 Å². The molecule has 2 aromatic carbocycles. The number of para-hydroxylation sites is 1. The summed E-state index contributed by atoms with van der Waals surface area (Å²) in [5, 5.41) is 3.47. The molecular formula is C17H21BrN2. The number of halogens is 1. The van der Waals surface area contributed by atoms with E-state index in [2.05, 4.69) is 76.4 Å². The van der Waals surface area contributed by atoms with Crippen molar-refractivity contribution in [2.75, 3.05) is 29.9 Å². The molecular weight excluding hydrogens is 312 g/mol. The first-order valence-electron chi connectivity index (χ1n) is 7.00. The summed E-state index contributed by atoms with van der Waals surface area (Å²) in [6.07, 6.45) is 0. The smallest absolute Gasteiger partial charge is 0.0485 e. The van der Waals surface area contributed by atoms with E-state index in [-0.39, 0.29) is 0 Å². The molecule has 106 valence electrons. The Bertz CT molecular complexity index is 554. The lowest BCUT2D eigenvalue weighted by atomic mass is 10.2. The second kappa shape index (κ2) is 7.34. The van der Waals surface area contributed by atoms with Crippen LogP contribution in [0.5, 0.6) is 0 Å². The minimum absolute atomic E-state index is 0.921. The average molecular weight is 333 g/mol. The molecule has 20 heavy (non-hydrogen) atoms. The second-order valence-electron chi connectivity index (χ2n) is 4.83. The van der Waals surface area contributed by atoms with Crippen molar-refractivity contribution in [3.8, 4) is 0 Å². The highest BCUT2D eigenvalue weighted by molar-refractivity contribution is 9.10. The fourth-order valence-corrected chi connectivity index (χ4v) is 2.65. The van der Waals surface area contributed by atoms with E-state index in [1.165, 1.54) is 11.3 Å². The highest BCUT2D eigenvalue weighted by atomic mass is 79.9. The van der Waals surface area contributed by atoms with Crippen molar-refractivity contribution in [2.24, 2.45) is 0 Å². The van der Waals surface area contributed by atoms with E-state index >= 15 is 0 Å². The molecule has 0 aliphatic carbocycles. The predicted octanol–water partition coefficient (Wildman–Crippen LogP) is 4.70. The molecule has 1 N–H and O–H groups in total. The summed E-state index contributed by atoms with van der Waals surface area (Å²) in [4.78, 5) is 2.39. The van der Waals surface area contributed by atoms with Gasteiger partial charge in [0.05, 0.1) is 0 Å². The van der Waals surface area contributed by atoms with Crippen molar-refractivity contribution in [1.29, 1.82) is 0 Å². The molecule has 0 amide bonds. The maximum atomic E-state index is 3.56. The van der Waals surface area contributed by atoms with E-state index in [4.69, 9.17) is 0 Å². The molecule has 2 aromatic rings. The minimum atomic E-state index is 0.921. The molecule has 0 aliphatic rings. The van der Waals surface area contributed by atoms with Crippen LogP contribution >= 0.6 is 15.9 Å². The Morgan fingerprint density at radius 1 is 1.10 bits per heavy atom. The summed E-state index contributed by atoms with van der Waals surface area (Å²) in [6.45, 7) is 7.25. The minimum Gasteiger partial charge on any atom is -0.382 e. The van der Waals surface area contributed by atoms with Gasteiger partial charge in [0.25, 0.3) is 0 Å². The van der Waals surface area contributed by atoms with Gasteiger partial charge in [0.1, 0.15) is 0 Å².